The maximum absolute atomic E-state index is 10.3. The second kappa shape index (κ2) is 4.74. The molecule has 3 rings (SSSR count). The molecule has 0 radical (unpaired) electrons. The highest BCUT2D eigenvalue weighted by molar-refractivity contribution is 5.56. The van der Waals surface area contributed by atoms with Gasteiger partial charge in [0.25, 0.3) is 0 Å². The molecule has 0 saturated heterocycles. The number of aliphatic hydroxyl groups is 1. The molecule has 6 heteroatoms. The number of hydrogen-bond donors (Lipinski definition) is 1. The second-order valence-corrected chi connectivity index (χ2v) is 4.03. The fourth-order valence-electron chi connectivity index (χ4n) is 1.95. The Morgan fingerprint density at radius 2 is 2.00 bits per heavy atom. The van der Waals surface area contributed by atoms with Crippen LogP contribution in [0.5, 0.6) is 17.2 Å². The summed E-state index contributed by atoms with van der Waals surface area (Å²) in [5, 5.41) is 10.3. The Kier molecular flexibility index (Phi) is 2.92. The Labute approximate surface area is 109 Å². The van der Waals surface area contributed by atoms with Crippen molar-refractivity contribution in [3.05, 3.63) is 42.0 Å². The number of aromatic nitrogens is 2. The summed E-state index contributed by atoms with van der Waals surface area (Å²) >= 11 is 0. The monoisotopic (exact) mass is 260 g/mol. The van der Waals surface area contributed by atoms with Gasteiger partial charge in [-0.2, -0.15) is 0 Å². The predicted molar refractivity (Wildman–Crippen MR) is 65.2 cm³/mol. The zero-order valence-corrected chi connectivity index (χ0v) is 10.2. The third-order valence-electron chi connectivity index (χ3n) is 2.89. The lowest BCUT2D eigenvalue weighted by atomic mass is 10.0. The summed E-state index contributed by atoms with van der Waals surface area (Å²) in [6, 6.07) is 3.44. The first-order valence-corrected chi connectivity index (χ1v) is 5.70. The fourth-order valence-corrected chi connectivity index (χ4v) is 1.95. The summed E-state index contributed by atoms with van der Waals surface area (Å²) in [7, 11) is 1.54. The first-order valence-electron chi connectivity index (χ1n) is 5.70. The summed E-state index contributed by atoms with van der Waals surface area (Å²) in [6.07, 6.45) is 3.70. The molecule has 1 aromatic heterocycles. The lowest BCUT2D eigenvalue weighted by molar-refractivity contribution is 0.171. The van der Waals surface area contributed by atoms with Gasteiger partial charge in [-0.15, -0.1) is 0 Å². The Morgan fingerprint density at radius 1 is 1.21 bits per heavy atom. The molecule has 1 N–H and O–H groups in total. The maximum atomic E-state index is 10.3. The number of fused-ring (bicyclic) bond motifs is 1. The number of nitrogens with zero attached hydrogens (tertiary/aromatic N) is 2. The third kappa shape index (κ3) is 2.06. The normalized spacial score (nSPS) is 14.2. The van der Waals surface area contributed by atoms with E-state index in [4.69, 9.17) is 14.2 Å². The van der Waals surface area contributed by atoms with Crippen molar-refractivity contribution in [2.24, 2.45) is 0 Å². The van der Waals surface area contributed by atoms with E-state index in [9.17, 15) is 5.11 Å². The first-order chi connectivity index (χ1) is 9.29. The molecule has 0 saturated carbocycles. The second-order valence-electron chi connectivity index (χ2n) is 4.03. The van der Waals surface area contributed by atoms with Gasteiger partial charge in [-0.1, -0.05) is 0 Å². The molecular formula is C13H12N2O4. The molecule has 2 aromatic rings. The van der Waals surface area contributed by atoms with E-state index in [1.54, 1.807) is 31.6 Å². The smallest absolute Gasteiger partial charge is 0.231 e. The highest BCUT2D eigenvalue weighted by Gasteiger charge is 2.23. The molecule has 0 bridgehead atoms. The summed E-state index contributed by atoms with van der Waals surface area (Å²) in [5.74, 6) is 1.65. The van der Waals surface area contributed by atoms with Gasteiger partial charge in [-0.3, -0.25) is 0 Å². The van der Waals surface area contributed by atoms with Crippen molar-refractivity contribution in [2.75, 3.05) is 13.9 Å². The lowest BCUT2D eigenvalue weighted by Crippen LogP contribution is -2.01. The Bertz CT molecular complexity index is 589. The summed E-state index contributed by atoms with van der Waals surface area (Å²) in [6.45, 7) is 0.152. The number of benzene rings is 1. The minimum atomic E-state index is -0.843. The molecule has 1 unspecified atom stereocenters. The summed E-state index contributed by atoms with van der Waals surface area (Å²) in [5.41, 5.74) is 1.24. The maximum Gasteiger partial charge on any atom is 0.231 e. The van der Waals surface area contributed by atoms with Crippen molar-refractivity contribution < 1.29 is 19.3 Å². The van der Waals surface area contributed by atoms with E-state index < -0.39 is 6.10 Å². The topological polar surface area (TPSA) is 73.7 Å². The number of rotatable bonds is 3. The fraction of sp³-hybridized carbons (Fsp3) is 0.231. The van der Waals surface area contributed by atoms with Gasteiger partial charge in [-0.25, -0.2) is 9.97 Å². The average molecular weight is 260 g/mol. The van der Waals surface area contributed by atoms with Gasteiger partial charge < -0.3 is 19.3 Å². The molecule has 1 aromatic carbocycles. The van der Waals surface area contributed by atoms with E-state index in [-0.39, 0.29) is 6.79 Å². The van der Waals surface area contributed by atoms with Gasteiger partial charge in [0.1, 0.15) is 12.4 Å². The zero-order chi connectivity index (χ0) is 13.2. The van der Waals surface area contributed by atoms with E-state index in [2.05, 4.69) is 9.97 Å². The van der Waals surface area contributed by atoms with Crippen LogP contribution < -0.4 is 14.2 Å². The van der Waals surface area contributed by atoms with Gasteiger partial charge in [-0.05, 0) is 17.7 Å². The van der Waals surface area contributed by atoms with Gasteiger partial charge in [0, 0.05) is 18.0 Å². The number of methoxy groups -OCH3 is 1. The van der Waals surface area contributed by atoms with Gasteiger partial charge in [0.05, 0.1) is 7.11 Å². The SMILES string of the molecule is COc1cc(C(O)c2cncnc2)cc2c1OCO2. The lowest BCUT2D eigenvalue weighted by Gasteiger charge is -2.13. The van der Waals surface area contributed by atoms with Crippen LogP contribution in [0.3, 0.4) is 0 Å². The summed E-state index contributed by atoms with van der Waals surface area (Å²) < 4.78 is 15.9. The number of hydrogen-bond acceptors (Lipinski definition) is 6. The van der Waals surface area contributed by atoms with Crippen LogP contribution in [-0.2, 0) is 0 Å². The standard InChI is InChI=1S/C13H12N2O4/c1-17-10-2-8(3-11-13(10)19-7-18-11)12(16)9-4-14-6-15-5-9/h2-6,12,16H,7H2,1H3. The van der Waals surface area contributed by atoms with Gasteiger partial charge in [0.2, 0.25) is 12.5 Å². The molecule has 1 aliphatic heterocycles. The van der Waals surface area contributed by atoms with Crippen molar-refractivity contribution in [2.45, 2.75) is 6.10 Å². The van der Waals surface area contributed by atoms with E-state index in [1.165, 1.54) is 6.33 Å². The molecular weight excluding hydrogens is 248 g/mol. The van der Waals surface area contributed by atoms with Crippen LogP contribution in [0, 0.1) is 0 Å². The molecule has 6 nitrogen and oxygen atoms in total. The molecule has 0 amide bonds. The molecule has 98 valence electrons. The van der Waals surface area contributed by atoms with Gasteiger partial charge in [0.15, 0.2) is 11.5 Å². The average Bonchev–Trinajstić information content (AvgIpc) is 2.94. The molecule has 0 aliphatic carbocycles. The quantitative estimate of drug-likeness (QED) is 0.896. The molecule has 2 heterocycles. The van der Waals surface area contributed by atoms with Crippen molar-refractivity contribution in [3.63, 3.8) is 0 Å². The third-order valence-corrected chi connectivity index (χ3v) is 2.89. The molecule has 19 heavy (non-hydrogen) atoms. The molecule has 1 aliphatic rings. The van der Waals surface area contributed by atoms with Crippen LogP contribution in [0.15, 0.2) is 30.9 Å². The molecule has 0 spiro atoms. The van der Waals surface area contributed by atoms with Crippen LogP contribution in [0.25, 0.3) is 0 Å². The van der Waals surface area contributed by atoms with E-state index >= 15 is 0 Å². The van der Waals surface area contributed by atoms with E-state index in [1.807, 2.05) is 0 Å². The van der Waals surface area contributed by atoms with Crippen LogP contribution in [-0.4, -0.2) is 29.0 Å². The van der Waals surface area contributed by atoms with Crippen LogP contribution in [0.1, 0.15) is 17.2 Å². The molecule has 1 atom stereocenters. The molecule has 0 fully saturated rings. The van der Waals surface area contributed by atoms with Gasteiger partial charge >= 0.3 is 0 Å². The predicted octanol–water partition coefficient (Wildman–Crippen LogP) is 1.30. The largest absolute Gasteiger partial charge is 0.493 e. The highest BCUT2D eigenvalue weighted by Crippen LogP contribution is 2.43. The van der Waals surface area contributed by atoms with E-state index in [0.717, 1.165) is 0 Å². The van der Waals surface area contributed by atoms with Crippen molar-refractivity contribution >= 4 is 0 Å². The van der Waals surface area contributed by atoms with Crippen LogP contribution in [0.4, 0.5) is 0 Å². The van der Waals surface area contributed by atoms with Crippen molar-refractivity contribution in [3.8, 4) is 17.2 Å². The van der Waals surface area contributed by atoms with Crippen LogP contribution in [0.2, 0.25) is 0 Å². The minimum Gasteiger partial charge on any atom is -0.493 e. The first kappa shape index (κ1) is 11.7. The highest BCUT2D eigenvalue weighted by atomic mass is 16.7. The Morgan fingerprint density at radius 3 is 2.74 bits per heavy atom. The Balaban J connectivity index is 2.02. The Hall–Kier alpha value is -2.34. The summed E-state index contributed by atoms with van der Waals surface area (Å²) in [4.78, 5) is 7.78. The number of ether oxygens (including phenoxy) is 3. The van der Waals surface area contributed by atoms with Crippen molar-refractivity contribution in [1.29, 1.82) is 0 Å². The van der Waals surface area contributed by atoms with Crippen LogP contribution >= 0.6 is 0 Å². The number of aliphatic hydroxyl groups excluding tert-OH is 1. The van der Waals surface area contributed by atoms with E-state index in [0.29, 0.717) is 28.4 Å². The zero-order valence-electron chi connectivity index (χ0n) is 10.2. The minimum absolute atomic E-state index is 0.152. The van der Waals surface area contributed by atoms with Crippen molar-refractivity contribution in [1.82, 2.24) is 9.97 Å².